The molecule has 1 aromatic carbocycles. The van der Waals surface area contributed by atoms with Crippen LogP contribution in [0.1, 0.15) is 24.0 Å². The zero-order valence-electron chi connectivity index (χ0n) is 10.6. The second kappa shape index (κ2) is 2.67. The van der Waals surface area contributed by atoms with Crippen LogP contribution in [0.5, 0.6) is 0 Å². The van der Waals surface area contributed by atoms with Crippen LogP contribution in [-0.4, -0.2) is 20.7 Å². The fourth-order valence-corrected chi connectivity index (χ4v) is 4.42. The Morgan fingerprint density at radius 2 is 1.68 bits per heavy atom. The normalized spacial score (nSPS) is 40.2. The molecule has 3 aliphatic rings. The first-order valence-electron chi connectivity index (χ1n) is 6.76. The number of nitrogens with zero attached hydrogens (tertiary/aromatic N) is 1. The standard InChI is InChI=1S/C16H11B2N/c17-15-8-14(15)9-16(14,18)12-11(15)6-7-19-13(12)10-4-2-1-3-5-10/h1-7H,8-9H2. The average Bonchev–Trinajstić information content (AvgIpc) is 3.24. The molecule has 1 heterocycles. The molecule has 0 N–H and O–H groups in total. The molecule has 3 aliphatic carbocycles. The summed E-state index contributed by atoms with van der Waals surface area (Å²) in [4.78, 5) is 4.59. The van der Waals surface area contributed by atoms with Gasteiger partial charge in [0.05, 0.1) is 21.4 Å². The number of benzene rings is 1. The molecule has 3 heteroatoms. The number of fused-ring (bicyclic) bond motifs is 3. The van der Waals surface area contributed by atoms with Gasteiger partial charge >= 0.3 is 0 Å². The molecule has 2 saturated carbocycles. The van der Waals surface area contributed by atoms with E-state index >= 15 is 0 Å². The molecule has 19 heavy (non-hydrogen) atoms. The van der Waals surface area contributed by atoms with E-state index in [0.29, 0.717) is 0 Å². The molecular formula is C16H11B2N. The van der Waals surface area contributed by atoms with E-state index in [0.717, 1.165) is 24.1 Å². The quantitative estimate of drug-likeness (QED) is 0.695. The SMILES string of the molecule is [B]C12CC13CC3([B])c1c2ccnc1-c1ccccc1. The van der Waals surface area contributed by atoms with Crippen LogP contribution in [0.15, 0.2) is 42.6 Å². The Bertz CT molecular complexity index is 729. The van der Waals surface area contributed by atoms with Gasteiger partial charge < -0.3 is 0 Å². The minimum absolute atomic E-state index is 0.148. The van der Waals surface area contributed by atoms with Gasteiger partial charge in [-0.2, -0.15) is 0 Å². The van der Waals surface area contributed by atoms with Crippen LogP contribution in [0, 0.1) is 5.41 Å². The van der Waals surface area contributed by atoms with E-state index in [1.807, 2.05) is 24.4 Å². The lowest BCUT2D eigenvalue weighted by Gasteiger charge is -2.19. The highest BCUT2D eigenvalue weighted by Crippen LogP contribution is 2.90. The fraction of sp³-hybridized carbons (Fsp3) is 0.312. The molecule has 5 rings (SSSR count). The van der Waals surface area contributed by atoms with Crippen molar-refractivity contribution in [2.45, 2.75) is 23.5 Å². The van der Waals surface area contributed by atoms with Crippen molar-refractivity contribution in [3.63, 3.8) is 0 Å². The van der Waals surface area contributed by atoms with Crippen LogP contribution in [0.4, 0.5) is 0 Å². The molecule has 2 aromatic rings. The molecule has 0 aliphatic heterocycles. The molecule has 0 saturated heterocycles. The zero-order valence-corrected chi connectivity index (χ0v) is 10.6. The summed E-state index contributed by atoms with van der Waals surface area (Å²) < 4.78 is 0. The van der Waals surface area contributed by atoms with Gasteiger partial charge in [-0.1, -0.05) is 30.3 Å². The van der Waals surface area contributed by atoms with Crippen LogP contribution in [0.25, 0.3) is 11.3 Å². The van der Waals surface area contributed by atoms with E-state index in [-0.39, 0.29) is 16.0 Å². The summed E-state index contributed by atoms with van der Waals surface area (Å²) in [6.07, 6.45) is 3.94. The smallest absolute Gasteiger partial charge is 0.0819 e. The molecule has 0 bridgehead atoms. The van der Waals surface area contributed by atoms with Crippen molar-refractivity contribution in [2.75, 3.05) is 0 Å². The highest BCUT2D eigenvalue weighted by atomic mass is 14.9. The monoisotopic (exact) mass is 239 g/mol. The van der Waals surface area contributed by atoms with Gasteiger partial charge in [0.25, 0.3) is 0 Å². The summed E-state index contributed by atoms with van der Waals surface area (Å²) in [5, 5.41) is -0.403. The summed E-state index contributed by atoms with van der Waals surface area (Å²) in [6.45, 7) is 0. The van der Waals surface area contributed by atoms with Crippen LogP contribution in [0.3, 0.4) is 0 Å². The second-order valence-electron chi connectivity index (χ2n) is 6.33. The Balaban J connectivity index is 1.83. The molecule has 0 amide bonds. The van der Waals surface area contributed by atoms with E-state index in [2.05, 4.69) is 23.2 Å². The third kappa shape index (κ3) is 0.888. The third-order valence-corrected chi connectivity index (χ3v) is 5.54. The van der Waals surface area contributed by atoms with Crippen molar-refractivity contribution >= 4 is 15.7 Å². The summed E-state index contributed by atoms with van der Waals surface area (Å²) in [5.74, 6) is 0. The molecule has 2 fully saturated rings. The topological polar surface area (TPSA) is 12.9 Å². The van der Waals surface area contributed by atoms with Crippen molar-refractivity contribution in [1.29, 1.82) is 0 Å². The Morgan fingerprint density at radius 3 is 2.47 bits per heavy atom. The van der Waals surface area contributed by atoms with Crippen molar-refractivity contribution in [3.8, 4) is 11.3 Å². The second-order valence-corrected chi connectivity index (χ2v) is 6.33. The number of aromatic nitrogens is 1. The number of hydrogen-bond acceptors (Lipinski definition) is 1. The van der Waals surface area contributed by atoms with Gasteiger partial charge in [-0.05, 0) is 46.1 Å². The largest absolute Gasteiger partial charge is 0.256 e. The lowest BCUT2D eigenvalue weighted by Crippen LogP contribution is -2.13. The Hall–Kier alpha value is -1.50. The number of pyridine rings is 1. The Morgan fingerprint density at radius 1 is 0.947 bits per heavy atom. The first-order valence-corrected chi connectivity index (χ1v) is 6.76. The number of rotatable bonds is 1. The molecule has 3 atom stereocenters. The lowest BCUT2D eigenvalue weighted by molar-refractivity contribution is 0.778. The molecule has 4 radical (unpaired) electrons. The maximum atomic E-state index is 6.64. The van der Waals surface area contributed by atoms with Crippen molar-refractivity contribution < 1.29 is 0 Å². The first kappa shape index (κ1) is 10.3. The van der Waals surface area contributed by atoms with Crippen molar-refractivity contribution in [3.05, 3.63) is 53.7 Å². The Labute approximate surface area is 115 Å². The summed E-state index contributed by atoms with van der Waals surface area (Å²) in [6, 6.07) is 12.3. The maximum Gasteiger partial charge on any atom is 0.0819 e. The minimum Gasteiger partial charge on any atom is -0.256 e. The van der Waals surface area contributed by atoms with E-state index in [1.54, 1.807) is 0 Å². The Kier molecular flexibility index (Phi) is 1.45. The summed E-state index contributed by atoms with van der Waals surface area (Å²) >= 11 is 0. The van der Waals surface area contributed by atoms with Crippen molar-refractivity contribution in [1.82, 2.24) is 4.98 Å². The molecular weight excluding hydrogens is 228 g/mol. The summed E-state index contributed by atoms with van der Waals surface area (Å²) in [7, 11) is 13.2. The minimum atomic E-state index is -0.226. The van der Waals surface area contributed by atoms with Gasteiger partial charge in [-0.3, -0.25) is 4.98 Å². The third-order valence-electron chi connectivity index (χ3n) is 5.54. The predicted molar refractivity (Wildman–Crippen MR) is 76.2 cm³/mol. The van der Waals surface area contributed by atoms with Crippen LogP contribution < -0.4 is 0 Å². The zero-order chi connectivity index (χ0) is 12.9. The highest BCUT2D eigenvalue weighted by Gasteiger charge is 2.87. The highest BCUT2D eigenvalue weighted by molar-refractivity contribution is 6.29. The van der Waals surface area contributed by atoms with Crippen molar-refractivity contribution in [2.24, 2.45) is 5.41 Å². The van der Waals surface area contributed by atoms with Gasteiger partial charge in [-0.25, -0.2) is 0 Å². The van der Waals surface area contributed by atoms with Gasteiger partial charge in [-0.15, -0.1) is 0 Å². The molecule has 1 spiro atoms. The average molecular weight is 239 g/mol. The van der Waals surface area contributed by atoms with Crippen LogP contribution >= 0.6 is 0 Å². The molecule has 3 unspecified atom stereocenters. The summed E-state index contributed by atoms with van der Waals surface area (Å²) in [5.41, 5.74) is 4.74. The van der Waals surface area contributed by atoms with Gasteiger partial charge in [0.15, 0.2) is 0 Å². The van der Waals surface area contributed by atoms with E-state index < -0.39 is 0 Å². The van der Waals surface area contributed by atoms with Gasteiger partial charge in [0.2, 0.25) is 0 Å². The van der Waals surface area contributed by atoms with Crippen LogP contribution in [-0.2, 0) is 10.6 Å². The molecule has 1 nitrogen and oxygen atoms in total. The van der Waals surface area contributed by atoms with E-state index in [4.69, 9.17) is 15.7 Å². The number of hydrogen-bond donors (Lipinski definition) is 0. The van der Waals surface area contributed by atoms with E-state index in [1.165, 1.54) is 11.1 Å². The van der Waals surface area contributed by atoms with Crippen LogP contribution in [0.2, 0.25) is 0 Å². The predicted octanol–water partition coefficient (Wildman–Crippen LogP) is 2.28. The maximum absolute atomic E-state index is 6.64. The van der Waals surface area contributed by atoms with Gasteiger partial charge in [0.1, 0.15) is 0 Å². The van der Waals surface area contributed by atoms with Gasteiger partial charge in [0, 0.05) is 11.8 Å². The fourth-order valence-electron chi connectivity index (χ4n) is 4.42. The van der Waals surface area contributed by atoms with E-state index in [9.17, 15) is 0 Å². The molecule has 86 valence electrons. The first-order chi connectivity index (χ1) is 9.12. The molecule has 1 aromatic heterocycles. The lowest BCUT2D eigenvalue weighted by atomic mass is 9.72.